The second-order valence-electron chi connectivity index (χ2n) is 6.62. The first-order chi connectivity index (χ1) is 11.5. The van der Waals surface area contributed by atoms with Gasteiger partial charge in [-0.25, -0.2) is 4.79 Å². The molecule has 0 spiro atoms. The van der Waals surface area contributed by atoms with Crippen LogP contribution in [0.15, 0.2) is 30.3 Å². The van der Waals surface area contributed by atoms with Gasteiger partial charge in [0.25, 0.3) is 0 Å². The number of carbonyl (C=O) groups excluding carboxylic acids is 1. The lowest BCUT2D eigenvalue weighted by atomic mass is 9.91. The van der Waals surface area contributed by atoms with E-state index < -0.39 is 5.79 Å². The van der Waals surface area contributed by atoms with Crippen molar-refractivity contribution < 1.29 is 14.6 Å². The van der Waals surface area contributed by atoms with Gasteiger partial charge >= 0.3 is 6.03 Å². The van der Waals surface area contributed by atoms with Crippen molar-refractivity contribution in [3.63, 3.8) is 0 Å². The van der Waals surface area contributed by atoms with Crippen LogP contribution in [0.5, 0.6) is 0 Å². The van der Waals surface area contributed by atoms with Gasteiger partial charge in [-0.05, 0) is 38.5 Å². The highest BCUT2D eigenvalue weighted by Gasteiger charge is 2.29. The lowest BCUT2D eigenvalue weighted by molar-refractivity contribution is -0.215. The summed E-state index contributed by atoms with van der Waals surface area (Å²) >= 11 is 0. The number of carbonyl (C=O) groups is 1. The van der Waals surface area contributed by atoms with Crippen LogP contribution in [0.1, 0.15) is 51.0 Å². The fraction of sp³-hybridized carbons (Fsp3) is 0.632. The number of ether oxygens (including phenoxy) is 1. The summed E-state index contributed by atoms with van der Waals surface area (Å²) < 4.78 is 5.64. The van der Waals surface area contributed by atoms with Gasteiger partial charge in [0.1, 0.15) is 0 Å². The number of nitrogens with two attached hydrogens (primary N) is 1. The zero-order chi connectivity index (χ0) is 17.4. The van der Waals surface area contributed by atoms with Crippen LogP contribution in [0.2, 0.25) is 0 Å². The number of primary amides is 1. The Morgan fingerprint density at radius 2 is 2.12 bits per heavy atom. The molecule has 134 valence electrons. The summed E-state index contributed by atoms with van der Waals surface area (Å²) in [6.45, 7) is 3.92. The molecule has 2 rings (SSSR count). The normalized spacial score (nSPS) is 20.6. The summed E-state index contributed by atoms with van der Waals surface area (Å²) in [5.74, 6) is -0.690. The van der Waals surface area contributed by atoms with Crippen LogP contribution in [0, 0.1) is 5.92 Å². The molecule has 0 aromatic heterocycles. The van der Waals surface area contributed by atoms with Crippen molar-refractivity contribution in [2.75, 3.05) is 19.7 Å². The van der Waals surface area contributed by atoms with Gasteiger partial charge in [0.05, 0.1) is 0 Å². The van der Waals surface area contributed by atoms with E-state index in [1.54, 1.807) is 4.90 Å². The van der Waals surface area contributed by atoms with Crippen molar-refractivity contribution >= 4 is 6.03 Å². The second kappa shape index (κ2) is 9.04. The number of hydrogen-bond acceptors (Lipinski definition) is 3. The van der Waals surface area contributed by atoms with Gasteiger partial charge in [-0.3, -0.25) is 0 Å². The predicted molar refractivity (Wildman–Crippen MR) is 94.3 cm³/mol. The SMILES string of the molecule is CCOC(O)(CCCCC1CCCN(C(N)=O)C1)c1ccccc1. The van der Waals surface area contributed by atoms with Crippen LogP contribution in [0.4, 0.5) is 4.79 Å². The van der Waals surface area contributed by atoms with Crippen LogP contribution >= 0.6 is 0 Å². The molecule has 3 N–H and O–H groups in total. The van der Waals surface area contributed by atoms with Crippen molar-refractivity contribution in [2.24, 2.45) is 11.7 Å². The Hall–Kier alpha value is -1.59. The summed E-state index contributed by atoms with van der Waals surface area (Å²) in [6.07, 6.45) is 5.72. The molecule has 1 saturated heterocycles. The number of urea groups is 1. The maximum atomic E-state index is 11.3. The van der Waals surface area contributed by atoms with Gasteiger partial charge in [0, 0.05) is 31.7 Å². The number of rotatable bonds is 8. The minimum absolute atomic E-state index is 0.311. The van der Waals surface area contributed by atoms with Crippen LogP contribution in [-0.2, 0) is 10.5 Å². The van der Waals surface area contributed by atoms with Crippen molar-refractivity contribution in [2.45, 2.75) is 51.2 Å². The number of likely N-dealkylation sites (tertiary alicyclic amines) is 1. The van der Waals surface area contributed by atoms with Crippen LogP contribution < -0.4 is 5.73 Å². The minimum atomic E-state index is -1.21. The lowest BCUT2D eigenvalue weighted by Gasteiger charge is -2.32. The van der Waals surface area contributed by atoms with E-state index in [9.17, 15) is 9.90 Å². The van der Waals surface area contributed by atoms with E-state index >= 15 is 0 Å². The van der Waals surface area contributed by atoms with E-state index in [1.807, 2.05) is 37.3 Å². The van der Waals surface area contributed by atoms with Gasteiger partial charge in [-0.15, -0.1) is 0 Å². The highest BCUT2D eigenvalue weighted by atomic mass is 16.6. The standard InChI is InChI=1S/C19H30N2O3/c1-2-24-19(23,17-11-4-3-5-12-17)13-7-6-9-16-10-8-14-21(15-16)18(20)22/h3-5,11-12,16,23H,2,6-10,13-15H2,1H3,(H2,20,22). The molecule has 1 heterocycles. The molecule has 5 heteroatoms. The average molecular weight is 334 g/mol. The monoisotopic (exact) mass is 334 g/mol. The molecule has 1 aromatic carbocycles. The van der Waals surface area contributed by atoms with Gasteiger partial charge in [-0.1, -0.05) is 36.8 Å². The quantitative estimate of drug-likeness (QED) is 0.566. The number of amides is 2. The molecule has 0 bridgehead atoms. The first kappa shape index (κ1) is 18.7. The Morgan fingerprint density at radius 1 is 1.38 bits per heavy atom. The van der Waals surface area contributed by atoms with Gasteiger partial charge in [-0.2, -0.15) is 0 Å². The first-order valence-corrected chi connectivity index (χ1v) is 9.01. The zero-order valence-electron chi connectivity index (χ0n) is 14.6. The Morgan fingerprint density at radius 3 is 2.79 bits per heavy atom. The van der Waals surface area contributed by atoms with E-state index in [4.69, 9.17) is 10.5 Å². The summed E-state index contributed by atoms with van der Waals surface area (Å²) in [5.41, 5.74) is 6.19. The molecular weight excluding hydrogens is 304 g/mol. The molecule has 2 unspecified atom stereocenters. The smallest absolute Gasteiger partial charge is 0.314 e. The third-order valence-electron chi connectivity index (χ3n) is 4.82. The number of benzene rings is 1. The lowest BCUT2D eigenvalue weighted by Crippen LogP contribution is -2.42. The Bertz CT molecular complexity index is 509. The molecule has 24 heavy (non-hydrogen) atoms. The van der Waals surface area contributed by atoms with E-state index in [0.29, 0.717) is 18.9 Å². The fourth-order valence-electron chi connectivity index (χ4n) is 3.54. The van der Waals surface area contributed by atoms with Gasteiger partial charge < -0.3 is 20.5 Å². The topological polar surface area (TPSA) is 75.8 Å². The number of aliphatic hydroxyl groups is 1. The highest BCUT2D eigenvalue weighted by molar-refractivity contribution is 5.72. The summed E-state index contributed by atoms with van der Waals surface area (Å²) in [7, 11) is 0. The van der Waals surface area contributed by atoms with Crippen molar-refractivity contribution in [1.29, 1.82) is 0 Å². The molecule has 1 fully saturated rings. The Labute approximate surface area is 144 Å². The largest absolute Gasteiger partial charge is 0.362 e. The highest BCUT2D eigenvalue weighted by Crippen LogP contribution is 2.30. The molecule has 1 aromatic rings. The van der Waals surface area contributed by atoms with Crippen molar-refractivity contribution in [3.8, 4) is 0 Å². The predicted octanol–water partition coefficient (Wildman–Crippen LogP) is 3.22. The number of unbranched alkanes of at least 4 members (excludes halogenated alkanes) is 1. The Kier molecular flexibility index (Phi) is 7.06. The number of nitrogens with zero attached hydrogens (tertiary/aromatic N) is 1. The Balaban J connectivity index is 1.80. The molecule has 0 saturated carbocycles. The van der Waals surface area contributed by atoms with E-state index in [1.165, 1.54) is 0 Å². The first-order valence-electron chi connectivity index (χ1n) is 9.01. The van der Waals surface area contributed by atoms with Crippen molar-refractivity contribution in [1.82, 2.24) is 4.90 Å². The van der Waals surface area contributed by atoms with Gasteiger partial charge in [0.2, 0.25) is 0 Å². The van der Waals surface area contributed by atoms with E-state index in [-0.39, 0.29) is 6.03 Å². The molecule has 1 aliphatic rings. The molecule has 0 aliphatic carbocycles. The molecular formula is C19H30N2O3. The summed E-state index contributed by atoms with van der Waals surface area (Å²) in [4.78, 5) is 13.0. The third kappa shape index (κ3) is 5.21. The number of piperidine rings is 1. The molecule has 2 amide bonds. The van der Waals surface area contributed by atoms with Crippen LogP contribution in [-0.4, -0.2) is 35.7 Å². The van der Waals surface area contributed by atoms with Gasteiger partial charge in [0.15, 0.2) is 5.79 Å². The van der Waals surface area contributed by atoms with E-state index in [0.717, 1.165) is 50.8 Å². The van der Waals surface area contributed by atoms with Crippen molar-refractivity contribution in [3.05, 3.63) is 35.9 Å². The molecule has 2 atom stereocenters. The second-order valence-corrected chi connectivity index (χ2v) is 6.62. The zero-order valence-corrected chi connectivity index (χ0v) is 14.6. The maximum Gasteiger partial charge on any atom is 0.314 e. The molecule has 0 radical (unpaired) electrons. The maximum absolute atomic E-state index is 11.3. The molecule has 1 aliphatic heterocycles. The fourth-order valence-corrected chi connectivity index (χ4v) is 3.54. The van der Waals surface area contributed by atoms with Crippen LogP contribution in [0.3, 0.4) is 0 Å². The molecule has 5 nitrogen and oxygen atoms in total. The average Bonchev–Trinajstić information content (AvgIpc) is 2.60. The van der Waals surface area contributed by atoms with Crippen LogP contribution in [0.25, 0.3) is 0 Å². The summed E-state index contributed by atoms with van der Waals surface area (Å²) in [5, 5.41) is 10.8. The third-order valence-corrected chi connectivity index (χ3v) is 4.82. The minimum Gasteiger partial charge on any atom is -0.362 e. The number of hydrogen-bond donors (Lipinski definition) is 2. The van der Waals surface area contributed by atoms with E-state index in [2.05, 4.69) is 0 Å². The summed E-state index contributed by atoms with van der Waals surface area (Å²) in [6, 6.07) is 9.26.